The van der Waals surface area contributed by atoms with Crippen molar-refractivity contribution in [3.63, 3.8) is 0 Å². The van der Waals surface area contributed by atoms with E-state index in [2.05, 4.69) is 13.8 Å². The highest BCUT2D eigenvalue weighted by Crippen LogP contribution is 2.16. The predicted octanol–water partition coefficient (Wildman–Crippen LogP) is 10.8. The van der Waals surface area contributed by atoms with Crippen LogP contribution in [0.2, 0.25) is 0 Å². The first-order valence-electron chi connectivity index (χ1n) is 23.2. The van der Waals surface area contributed by atoms with Crippen LogP contribution in [0, 0.1) is 0 Å². The average molecular weight is 784 g/mol. The third-order valence-electron chi connectivity index (χ3n) is 10.4. The van der Waals surface area contributed by atoms with Gasteiger partial charge in [0.15, 0.2) is 12.4 Å². The molecule has 0 aliphatic heterocycles. The Labute approximate surface area is 339 Å². The largest absolute Gasteiger partial charge is 0.545 e. The van der Waals surface area contributed by atoms with Gasteiger partial charge in [-0.25, -0.2) is 0 Å². The Bertz CT molecular complexity index is 876. The second-order valence-electron chi connectivity index (χ2n) is 17.1. The summed E-state index contributed by atoms with van der Waals surface area (Å²) in [5.41, 5.74) is 0. The maximum atomic E-state index is 12.7. The SMILES string of the molecule is CCCCCCCCCCCCCCCCCCCC(=O)OC(COC(=O)CCCCCCCCCCCCCCC)COC(OCC[N+](C)(C)C)C(=O)[O-]. The maximum Gasteiger partial charge on any atom is 0.306 e. The quantitative estimate of drug-likeness (QED) is 0.0260. The van der Waals surface area contributed by atoms with Crippen molar-refractivity contribution in [1.29, 1.82) is 0 Å². The van der Waals surface area contributed by atoms with E-state index >= 15 is 0 Å². The molecule has 0 saturated carbocycles. The van der Waals surface area contributed by atoms with Gasteiger partial charge in [0, 0.05) is 12.8 Å². The van der Waals surface area contributed by atoms with Gasteiger partial charge in [0.2, 0.25) is 0 Å². The number of unbranched alkanes of at least 4 members (excludes halogenated alkanes) is 28. The summed E-state index contributed by atoms with van der Waals surface area (Å²) in [6.07, 6.45) is 35.5. The molecule has 9 nitrogen and oxygen atoms in total. The number of rotatable bonds is 43. The van der Waals surface area contributed by atoms with E-state index in [0.29, 0.717) is 17.4 Å². The summed E-state index contributed by atoms with van der Waals surface area (Å²) < 4.78 is 22.6. The fourth-order valence-corrected chi connectivity index (χ4v) is 6.71. The molecule has 0 heterocycles. The van der Waals surface area contributed by atoms with Gasteiger partial charge in [-0.3, -0.25) is 9.59 Å². The van der Waals surface area contributed by atoms with E-state index in [1.54, 1.807) is 0 Å². The standard InChI is InChI=1S/C46H89NO8/c1-6-8-10-12-14-16-18-20-21-22-23-25-27-29-31-33-35-37-44(49)55-42(41-54-46(45(50)51)52-39-38-47(3,4)5)40-53-43(48)36-34-32-30-28-26-24-19-17-15-13-11-9-7-2/h42,46H,6-41H2,1-5H3. The highest BCUT2D eigenvalue weighted by molar-refractivity contribution is 5.70. The van der Waals surface area contributed by atoms with Crippen molar-refractivity contribution in [2.24, 2.45) is 0 Å². The summed E-state index contributed by atoms with van der Waals surface area (Å²) in [6, 6.07) is 0. The van der Waals surface area contributed by atoms with Gasteiger partial charge < -0.3 is 33.3 Å². The predicted molar refractivity (Wildman–Crippen MR) is 224 cm³/mol. The summed E-state index contributed by atoms with van der Waals surface area (Å²) in [4.78, 5) is 37.0. The Balaban J connectivity index is 4.37. The monoisotopic (exact) mass is 784 g/mol. The van der Waals surface area contributed by atoms with Crippen molar-refractivity contribution in [2.45, 2.75) is 232 Å². The molecule has 2 atom stereocenters. The topological polar surface area (TPSA) is 111 Å². The van der Waals surface area contributed by atoms with Crippen LogP contribution in [-0.4, -0.2) is 82.3 Å². The molecule has 0 bridgehead atoms. The number of quaternary nitrogens is 1. The number of nitrogens with zero attached hydrogens (tertiary/aromatic N) is 1. The Kier molecular flexibility index (Phi) is 37.9. The van der Waals surface area contributed by atoms with Crippen molar-refractivity contribution in [3.8, 4) is 0 Å². The molecule has 0 rings (SSSR count). The fraction of sp³-hybridized carbons (Fsp3) is 0.935. The number of hydrogen-bond donors (Lipinski definition) is 0. The number of carboxylic acid groups (broad SMARTS) is 1. The molecule has 9 heteroatoms. The molecule has 0 fully saturated rings. The summed E-state index contributed by atoms with van der Waals surface area (Å²) in [5, 5.41) is 11.7. The number of ether oxygens (including phenoxy) is 4. The first-order chi connectivity index (χ1) is 26.6. The van der Waals surface area contributed by atoms with E-state index in [9.17, 15) is 19.5 Å². The minimum absolute atomic E-state index is 0.153. The lowest BCUT2D eigenvalue weighted by molar-refractivity contribution is -0.870. The van der Waals surface area contributed by atoms with E-state index in [0.717, 1.165) is 38.5 Å². The second kappa shape index (κ2) is 39.1. The number of aliphatic carboxylic acids is 1. The normalized spacial score (nSPS) is 12.8. The third kappa shape index (κ3) is 40.3. The van der Waals surface area contributed by atoms with Crippen molar-refractivity contribution >= 4 is 17.9 Å². The zero-order chi connectivity index (χ0) is 40.7. The third-order valence-corrected chi connectivity index (χ3v) is 10.4. The Morgan fingerprint density at radius 3 is 1.16 bits per heavy atom. The molecule has 0 aliphatic carbocycles. The molecule has 326 valence electrons. The Morgan fingerprint density at radius 2 is 0.818 bits per heavy atom. The molecule has 2 unspecified atom stereocenters. The van der Waals surface area contributed by atoms with Crippen molar-refractivity contribution in [2.75, 3.05) is 47.5 Å². The second-order valence-corrected chi connectivity index (χ2v) is 17.1. The van der Waals surface area contributed by atoms with Crippen LogP contribution in [0.15, 0.2) is 0 Å². The highest BCUT2D eigenvalue weighted by atomic mass is 16.7. The lowest BCUT2D eigenvalue weighted by atomic mass is 10.0. The van der Waals surface area contributed by atoms with E-state index in [-0.39, 0.29) is 32.2 Å². The summed E-state index contributed by atoms with van der Waals surface area (Å²) in [7, 11) is 5.92. The summed E-state index contributed by atoms with van der Waals surface area (Å²) in [6.45, 7) is 4.77. The first kappa shape index (κ1) is 53.3. The van der Waals surface area contributed by atoms with E-state index in [1.165, 1.54) is 154 Å². The molecule has 55 heavy (non-hydrogen) atoms. The molecule has 0 spiro atoms. The zero-order valence-corrected chi connectivity index (χ0v) is 36.8. The smallest absolute Gasteiger partial charge is 0.306 e. The molecular weight excluding hydrogens is 695 g/mol. The Hall–Kier alpha value is -1.71. The Morgan fingerprint density at radius 1 is 0.473 bits per heavy atom. The van der Waals surface area contributed by atoms with Crippen molar-refractivity contribution in [3.05, 3.63) is 0 Å². The van der Waals surface area contributed by atoms with Gasteiger partial charge >= 0.3 is 11.9 Å². The lowest BCUT2D eigenvalue weighted by Crippen LogP contribution is -2.44. The van der Waals surface area contributed by atoms with Gasteiger partial charge in [0.1, 0.15) is 13.2 Å². The van der Waals surface area contributed by atoms with Crippen LogP contribution in [-0.2, 0) is 33.3 Å². The summed E-state index contributed by atoms with van der Waals surface area (Å²) in [5.74, 6) is -2.26. The average Bonchev–Trinajstić information content (AvgIpc) is 3.14. The first-order valence-corrected chi connectivity index (χ1v) is 23.2. The number of hydrogen-bond acceptors (Lipinski definition) is 8. The molecule has 0 aliphatic rings. The van der Waals surface area contributed by atoms with Crippen LogP contribution >= 0.6 is 0 Å². The molecule has 0 radical (unpaired) electrons. The minimum Gasteiger partial charge on any atom is -0.545 e. The molecule has 0 aromatic carbocycles. The van der Waals surface area contributed by atoms with Crippen LogP contribution in [0.1, 0.15) is 219 Å². The van der Waals surface area contributed by atoms with Crippen LogP contribution in [0.5, 0.6) is 0 Å². The number of carboxylic acids is 1. The van der Waals surface area contributed by atoms with Crippen LogP contribution in [0.25, 0.3) is 0 Å². The summed E-state index contributed by atoms with van der Waals surface area (Å²) >= 11 is 0. The molecule has 0 aromatic heterocycles. The number of esters is 2. The number of carbonyl (C=O) groups excluding carboxylic acids is 3. The van der Waals surface area contributed by atoms with Crippen LogP contribution < -0.4 is 5.11 Å². The van der Waals surface area contributed by atoms with Crippen molar-refractivity contribution < 1.29 is 42.9 Å². The van der Waals surface area contributed by atoms with Gasteiger partial charge in [-0.2, -0.15) is 0 Å². The number of likely N-dealkylation sites (N-methyl/N-ethyl adjacent to an activating group) is 1. The zero-order valence-electron chi connectivity index (χ0n) is 36.8. The molecule has 0 saturated heterocycles. The number of carbonyl (C=O) groups is 3. The van der Waals surface area contributed by atoms with Gasteiger partial charge in [-0.15, -0.1) is 0 Å². The van der Waals surface area contributed by atoms with Crippen molar-refractivity contribution in [1.82, 2.24) is 0 Å². The minimum atomic E-state index is -1.61. The molecular formula is C46H89NO8. The van der Waals surface area contributed by atoms with Gasteiger partial charge in [-0.05, 0) is 12.8 Å². The van der Waals surface area contributed by atoms with Crippen LogP contribution in [0.4, 0.5) is 0 Å². The van der Waals surface area contributed by atoms with E-state index in [1.807, 2.05) is 21.1 Å². The van der Waals surface area contributed by atoms with Crippen LogP contribution in [0.3, 0.4) is 0 Å². The lowest BCUT2D eigenvalue weighted by Gasteiger charge is -2.26. The molecule has 0 aromatic rings. The fourth-order valence-electron chi connectivity index (χ4n) is 6.71. The maximum absolute atomic E-state index is 12.7. The molecule has 0 amide bonds. The van der Waals surface area contributed by atoms with E-state index in [4.69, 9.17) is 18.9 Å². The molecule has 0 N–H and O–H groups in total. The van der Waals surface area contributed by atoms with E-state index < -0.39 is 24.3 Å². The van der Waals surface area contributed by atoms with Gasteiger partial charge in [0.05, 0.1) is 40.3 Å². The highest BCUT2D eigenvalue weighted by Gasteiger charge is 2.21. The van der Waals surface area contributed by atoms with Gasteiger partial charge in [0.25, 0.3) is 0 Å². The van der Waals surface area contributed by atoms with Gasteiger partial charge in [-0.1, -0.05) is 194 Å².